The zero-order chi connectivity index (χ0) is 20.3. The van der Waals surface area contributed by atoms with E-state index in [1.165, 1.54) is 43.3 Å². The second-order valence-electron chi connectivity index (χ2n) is 11.8. The first-order chi connectivity index (χ1) is 13.0. The molecular weight excluding hydrogens is 344 g/mol. The van der Waals surface area contributed by atoms with Crippen LogP contribution in [0.2, 0.25) is 0 Å². The van der Waals surface area contributed by atoms with Crippen molar-refractivity contribution < 1.29 is 10.2 Å². The first-order valence-corrected chi connectivity index (χ1v) is 11.8. The Morgan fingerprint density at radius 3 is 2.57 bits per heavy atom. The third-order valence-corrected chi connectivity index (χ3v) is 9.60. The molecule has 4 aliphatic carbocycles. The highest BCUT2D eigenvalue weighted by Crippen LogP contribution is 2.67. The largest absolute Gasteiger partial charge is 0.393 e. The van der Waals surface area contributed by atoms with Gasteiger partial charge in [0.15, 0.2) is 0 Å². The van der Waals surface area contributed by atoms with E-state index in [0.29, 0.717) is 11.3 Å². The Balaban J connectivity index is 1.54. The molecule has 0 aromatic heterocycles. The standard InChI is InChI=1S/C26H42O2/c1-17-15-19-16-20(27)10-13-26(19,5)22-11-14-25(4)18(7-6-12-24(2,3)28)8-9-21(25)23(17)22/h15,18,20-23,27-28H,1,6-14,16H2,2-5H3. The Hall–Kier alpha value is -0.600. The lowest BCUT2D eigenvalue weighted by molar-refractivity contribution is -0.0350. The fourth-order valence-corrected chi connectivity index (χ4v) is 7.92. The maximum absolute atomic E-state index is 10.2. The Bertz CT molecular complexity index is 656. The van der Waals surface area contributed by atoms with Crippen LogP contribution in [0.15, 0.2) is 23.8 Å². The summed E-state index contributed by atoms with van der Waals surface area (Å²) >= 11 is 0. The molecule has 0 saturated heterocycles. The predicted octanol–water partition coefficient (Wildman–Crippen LogP) is 6.03. The molecule has 4 rings (SSSR count). The van der Waals surface area contributed by atoms with Crippen LogP contribution in [0.1, 0.15) is 91.9 Å². The first-order valence-electron chi connectivity index (χ1n) is 11.8. The van der Waals surface area contributed by atoms with Crippen molar-refractivity contribution in [1.82, 2.24) is 0 Å². The summed E-state index contributed by atoms with van der Waals surface area (Å²) in [6.07, 6.45) is 13.9. The van der Waals surface area contributed by atoms with Crippen LogP contribution in [0.25, 0.3) is 0 Å². The normalized spacial score (nSPS) is 45.9. The lowest BCUT2D eigenvalue weighted by Gasteiger charge is -2.58. The summed E-state index contributed by atoms with van der Waals surface area (Å²) < 4.78 is 0. The average molecular weight is 387 g/mol. The first kappa shape index (κ1) is 20.7. The van der Waals surface area contributed by atoms with Crippen LogP contribution in [0.4, 0.5) is 0 Å². The number of allylic oxidation sites excluding steroid dienone is 2. The molecule has 0 spiro atoms. The van der Waals surface area contributed by atoms with E-state index in [2.05, 4.69) is 26.5 Å². The summed E-state index contributed by atoms with van der Waals surface area (Å²) in [5, 5.41) is 20.3. The molecule has 7 atom stereocenters. The molecule has 0 heterocycles. The molecule has 7 unspecified atom stereocenters. The molecule has 2 nitrogen and oxygen atoms in total. The molecule has 2 N–H and O–H groups in total. The van der Waals surface area contributed by atoms with Crippen LogP contribution < -0.4 is 0 Å². The molecule has 0 aromatic rings. The fourth-order valence-electron chi connectivity index (χ4n) is 7.92. The molecule has 0 aromatic carbocycles. The van der Waals surface area contributed by atoms with Gasteiger partial charge in [-0.25, -0.2) is 0 Å². The van der Waals surface area contributed by atoms with Crippen LogP contribution in [-0.2, 0) is 0 Å². The van der Waals surface area contributed by atoms with E-state index in [1.807, 2.05) is 13.8 Å². The number of aliphatic hydroxyl groups excluding tert-OH is 1. The van der Waals surface area contributed by atoms with Crippen molar-refractivity contribution in [3.05, 3.63) is 23.8 Å². The van der Waals surface area contributed by atoms with Crippen LogP contribution in [-0.4, -0.2) is 21.9 Å². The molecule has 4 aliphatic rings. The average Bonchev–Trinajstić information content (AvgIpc) is 2.92. The highest BCUT2D eigenvalue weighted by molar-refractivity contribution is 5.37. The zero-order valence-corrected chi connectivity index (χ0v) is 18.6. The molecule has 0 amide bonds. The Morgan fingerprint density at radius 2 is 1.86 bits per heavy atom. The van der Waals surface area contributed by atoms with E-state index >= 15 is 0 Å². The maximum Gasteiger partial charge on any atom is 0.0591 e. The summed E-state index contributed by atoms with van der Waals surface area (Å²) in [5.74, 6) is 2.94. The molecule has 28 heavy (non-hydrogen) atoms. The summed E-state index contributed by atoms with van der Waals surface area (Å²) in [6.45, 7) is 13.5. The molecule has 3 fully saturated rings. The minimum atomic E-state index is -0.532. The van der Waals surface area contributed by atoms with E-state index < -0.39 is 5.60 Å². The molecular formula is C26H42O2. The van der Waals surface area contributed by atoms with Crippen LogP contribution in [0.5, 0.6) is 0 Å². The topological polar surface area (TPSA) is 40.5 Å². The summed E-state index contributed by atoms with van der Waals surface area (Å²) in [4.78, 5) is 0. The predicted molar refractivity (Wildman–Crippen MR) is 116 cm³/mol. The van der Waals surface area contributed by atoms with E-state index in [0.717, 1.165) is 49.9 Å². The van der Waals surface area contributed by atoms with Gasteiger partial charge in [0.25, 0.3) is 0 Å². The third-order valence-electron chi connectivity index (χ3n) is 9.60. The van der Waals surface area contributed by atoms with Crippen LogP contribution in [0, 0.1) is 34.5 Å². The van der Waals surface area contributed by atoms with Crippen molar-refractivity contribution >= 4 is 0 Å². The van der Waals surface area contributed by atoms with Gasteiger partial charge in [-0.15, -0.1) is 0 Å². The van der Waals surface area contributed by atoms with Gasteiger partial charge in [0, 0.05) is 0 Å². The van der Waals surface area contributed by atoms with Crippen molar-refractivity contribution in [3.8, 4) is 0 Å². The van der Waals surface area contributed by atoms with Gasteiger partial charge in [-0.3, -0.25) is 0 Å². The van der Waals surface area contributed by atoms with Crippen molar-refractivity contribution in [2.24, 2.45) is 34.5 Å². The minimum Gasteiger partial charge on any atom is -0.393 e. The van der Waals surface area contributed by atoms with E-state index in [1.54, 1.807) is 0 Å². The lowest BCUT2D eigenvalue weighted by Crippen LogP contribution is -2.51. The second kappa shape index (κ2) is 6.98. The van der Waals surface area contributed by atoms with Gasteiger partial charge in [0.1, 0.15) is 0 Å². The summed E-state index contributed by atoms with van der Waals surface area (Å²) in [5.41, 5.74) is 3.04. The zero-order valence-electron chi connectivity index (χ0n) is 18.6. The number of fused-ring (bicyclic) bond motifs is 5. The van der Waals surface area contributed by atoms with E-state index in [4.69, 9.17) is 0 Å². The van der Waals surface area contributed by atoms with E-state index in [9.17, 15) is 10.2 Å². The SMILES string of the molecule is C=C1C=C2CC(O)CCC2(C)C2CCC3(C)C(CCCC(C)(C)O)CCC3C12. The molecule has 0 bridgehead atoms. The van der Waals surface area contributed by atoms with Crippen LogP contribution >= 0.6 is 0 Å². The van der Waals surface area contributed by atoms with Gasteiger partial charge in [0.2, 0.25) is 0 Å². The number of hydrogen-bond donors (Lipinski definition) is 2. The monoisotopic (exact) mass is 386 g/mol. The highest BCUT2D eigenvalue weighted by Gasteiger charge is 2.59. The van der Waals surface area contributed by atoms with Crippen molar-refractivity contribution in [1.29, 1.82) is 0 Å². The Kier molecular flexibility index (Phi) is 5.15. The highest BCUT2D eigenvalue weighted by atomic mass is 16.3. The third kappa shape index (κ3) is 3.33. The van der Waals surface area contributed by atoms with Gasteiger partial charge in [-0.1, -0.05) is 44.1 Å². The summed E-state index contributed by atoms with van der Waals surface area (Å²) in [7, 11) is 0. The van der Waals surface area contributed by atoms with Crippen LogP contribution in [0.3, 0.4) is 0 Å². The van der Waals surface area contributed by atoms with E-state index in [-0.39, 0.29) is 11.5 Å². The molecule has 3 saturated carbocycles. The quantitative estimate of drug-likeness (QED) is 0.619. The Labute approximate surface area is 172 Å². The number of hydrogen-bond acceptors (Lipinski definition) is 2. The molecule has 0 aliphatic heterocycles. The van der Waals surface area contributed by atoms with Crippen molar-refractivity contribution in [2.45, 2.75) is 104 Å². The molecule has 2 heteroatoms. The molecule has 158 valence electrons. The van der Waals surface area contributed by atoms with Gasteiger partial charge in [-0.2, -0.15) is 0 Å². The second-order valence-corrected chi connectivity index (χ2v) is 11.8. The van der Waals surface area contributed by atoms with Gasteiger partial charge >= 0.3 is 0 Å². The Morgan fingerprint density at radius 1 is 1.11 bits per heavy atom. The smallest absolute Gasteiger partial charge is 0.0591 e. The van der Waals surface area contributed by atoms with Crippen molar-refractivity contribution in [3.63, 3.8) is 0 Å². The lowest BCUT2D eigenvalue weighted by atomic mass is 9.46. The number of rotatable bonds is 4. The molecule has 0 radical (unpaired) electrons. The number of aliphatic hydroxyl groups is 2. The van der Waals surface area contributed by atoms with Gasteiger partial charge in [-0.05, 0) is 106 Å². The maximum atomic E-state index is 10.2. The van der Waals surface area contributed by atoms with Gasteiger partial charge < -0.3 is 10.2 Å². The summed E-state index contributed by atoms with van der Waals surface area (Å²) in [6, 6.07) is 0. The van der Waals surface area contributed by atoms with Gasteiger partial charge in [0.05, 0.1) is 11.7 Å². The minimum absolute atomic E-state index is 0.149. The fraction of sp³-hybridized carbons (Fsp3) is 0.846. The van der Waals surface area contributed by atoms with Crippen molar-refractivity contribution in [2.75, 3.05) is 0 Å².